The van der Waals surface area contributed by atoms with Gasteiger partial charge in [-0.15, -0.1) is 11.3 Å². The fourth-order valence-corrected chi connectivity index (χ4v) is 3.91. The highest BCUT2D eigenvalue weighted by atomic mass is 35.5. The minimum Gasteiger partial charge on any atom is -0.375 e. The number of benzene rings is 1. The van der Waals surface area contributed by atoms with Crippen LogP contribution in [0.4, 0.5) is 0 Å². The van der Waals surface area contributed by atoms with Crippen molar-refractivity contribution in [2.75, 3.05) is 26.7 Å². The van der Waals surface area contributed by atoms with E-state index in [4.69, 9.17) is 21.3 Å². The lowest BCUT2D eigenvalue weighted by Gasteiger charge is -2.36. The standard InChI is InChI=1S/C17H22ClN3OS/c1-12(22-2)17-20-15(11-23-17)10-21-7-6-19-9-16(21)13-4-3-5-14(18)8-13/h3-5,8,11-12,16,19H,6-7,9-10H2,1-2H3. The molecule has 2 atom stereocenters. The number of piperazine rings is 1. The number of rotatable bonds is 5. The highest BCUT2D eigenvalue weighted by molar-refractivity contribution is 7.09. The summed E-state index contributed by atoms with van der Waals surface area (Å²) in [4.78, 5) is 7.20. The maximum Gasteiger partial charge on any atom is 0.122 e. The molecule has 1 fully saturated rings. The average Bonchev–Trinajstić information content (AvgIpc) is 3.03. The van der Waals surface area contributed by atoms with E-state index in [0.717, 1.165) is 41.9 Å². The van der Waals surface area contributed by atoms with Crippen LogP contribution in [0.5, 0.6) is 0 Å². The lowest BCUT2D eigenvalue weighted by atomic mass is 10.0. The van der Waals surface area contributed by atoms with Crippen molar-refractivity contribution in [2.24, 2.45) is 0 Å². The van der Waals surface area contributed by atoms with Crippen LogP contribution in [0, 0.1) is 0 Å². The molecule has 0 bridgehead atoms. The minimum absolute atomic E-state index is 0.0560. The van der Waals surface area contributed by atoms with E-state index in [-0.39, 0.29) is 6.10 Å². The molecule has 1 aromatic carbocycles. The third-order valence-electron chi connectivity index (χ3n) is 4.22. The first-order valence-electron chi connectivity index (χ1n) is 7.84. The van der Waals surface area contributed by atoms with E-state index >= 15 is 0 Å². The number of aromatic nitrogens is 1. The van der Waals surface area contributed by atoms with Crippen LogP contribution in [0.15, 0.2) is 29.6 Å². The van der Waals surface area contributed by atoms with Gasteiger partial charge in [0.05, 0.1) is 5.69 Å². The maximum absolute atomic E-state index is 6.16. The Labute approximate surface area is 146 Å². The van der Waals surface area contributed by atoms with Crippen LogP contribution in [0.3, 0.4) is 0 Å². The molecule has 0 amide bonds. The highest BCUT2D eigenvalue weighted by Gasteiger charge is 2.25. The van der Waals surface area contributed by atoms with Gasteiger partial charge in [0.25, 0.3) is 0 Å². The highest BCUT2D eigenvalue weighted by Crippen LogP contribution is 2.27. The number of nitrogens with zero attached hydrogens (tertiary/aromatic N) is 2. The van der Waals surface area contributed by atoms with E-state index in [2.05, 4.69) is 27.7 Å². The minimum atomic E-state index is 0.0560. The summed E-state index contributed by atoms with van der Waals surface area (Å²) < 4.78 is 5.35. The number of hydrogen-bond acceptors (Lipinski definition) is 5. The molecule has 124 valence electrons. The number of ether oxygens (including phenoxy) is 1. The van der Waals surface area contributed by atoms with Gasteiger partial charge in [0.15, 0.2) is 0 Å². The van der Waals surface area contributed by atoms with Gasteiger partial charge in [-0.3, -0.25) is 4.90 Å². The Morgan fingerprint density at radius 3 is 3.17 bits per heavy atom. The molecule has 2 aromatic rings. The first-order valence-corrected chi connectivity index (χ1v) is 9.10. The molecule has 1 aromatic heterocycles. The van der Waals surface area contributed by atoms with E-state index in [0.29, 0.717) is 6.04 Å². The average molecular weight is 352 g/mol. The molecule has 1 aliphatic heterocycles. The van der Waals surface area contributed by atoms with Crippen LogP contribution in [-0.4, -0.2) is 36.6 Å². The Balaban J connectivity index is 1.75. The van der Waals surface area contributed by atoms with Gasteiger partial charge in [-0.25, -0.2) is 4.98 Å². The second-order valence-electron chi connectivity index (χ2n) is 5.80. The molecule has 0 saturated carbocycles. The summed E-state index contributed by atoms with van der Waals surface area (Å²) in [6.07, 6.45) is 0.0560. The predicted octanol–water partition coefficient (Wildman–Crippen LogP) is 3.65. The molecule has 0 radical (unpaired) electrons. The molecule has 2 heterocycles. The largest absolute Gasteiger partial charge is 0.375 e. The maximum atomic E-state index is 6.16. The SMILES string of the molecule is COC(C)c1nc(CN2CCNCC2c2cccc(Cl)c2)cs1. The topological polar surface area (TPSA) is 37.4 Å². The molecular weight excluding hydrogens is 330 g/mol. The van der Waals surface area contributed by atoms with Crippen LogP contribution < -0.4 is 5.32 Å². The Hall–Kier alpha value is -0.980. The van der Waals surface area contributed by atoms with Gasteiger partial charge in [0.1, 0.15) is 11.1 Å². The van der Waals surface area contributed by atoms with Crippen LogP contribution in [0.2, 0.25) is 5.02 Å². The summed E-state index contributed by atoms with van der Waals surface area (Å²) in [6.45, 7) is 5.83. The summed E-state index contributed by atoms with van der Waals surface area (Å²) in [5.74, 6) is 0. The Morgan fingerprint density at radius 2 is 2.39 bits per heavy atom. The molecule has 1 saturated heterocycles. The van der Waals surface area contributed by atoms with E-state index in [9.17, 15) is 0 Å². The van der Waals surface area contributed by atoms with Gasteiger partial charge in [-0.2, -0.15) is 0 Å². The van der Waals surface area contributed by atoms with Crippen molar-refractivity contribution in [1.29, 1.82) is 0 Å². The monoisotopic (exact) mass is 351 g/mol. The van der Waals surface area contributed by atoms with Gasteiger partial charge in [0.2, 0.25) is 0 Å². The molecule has 1 N–H and O–H groups in total. The number of methoxy groups -OCH3 is 1. The predicted molar refractivity (Wildman–Crippen MR) is 95.0 cm³/mol. The lowest BCUT2D eigenvalue weighted by Crippen LogP contribution is -2.45. The van der Waals surface area contributed by atoms with Crippen molar-refractivity contribution in [3.05, 3.63) is 50.9 Å². The second-order valence-corrected chi connectivity index (χ2v) is 7.13. The van der Waals surface area contributed by atoms with Crippen molar-refractivity contribution in [2.45, 2.75) is 25.6 Å². The number of halogens is 1. The normalized spacial score (nSPS) is 20.6. The first-order chi connectivity index (χ1) is 11.2. The van der Waals surface area contributed by atoms with Gasteiger partial charge in [-0.1, -0.05) is 23.7 Å². The Morgan fingerprint density at radius 1 is 1.52 bits per heavy atom. The number of nitrogens with one attached hydrogen (secondary N) is 1. The zero-order chi connectivity index (χ0) is 16.2. The van der Waals surface area contributed by atoms with Crippen LogP contribution >= 0.6 is 22.9 Å². The van der Waals surface area contributed by atoms with Crippen molar-refractivity contribution < 1.29 is 4.74 Å². The molecule has 1 aliphatic rings. The molecule has 0 spiro atoms. The van der Waals surface area contributed by atoms with Crippen molar-refractivity contribution >= 4 is 22.9 Å². The molecule has 0 aliphatic carbocycles. The number of thiazole rings is 1. The van der Waals surface area contributed by atoms with E-state index in [1.165, 1.54) is 5.56 Å². The van der Waals surface area contributed by atoms with Crippen molar-refractivity contribution in [3.8, 4) is 0 Å². The zero-order valence-electron chi connectivity index (χ0n) is 13.5. The first kappa shape index (κ1) is 16.9. The van der Waals surface area contributed by atoms with E-state index < -0.39 is 0 Å². The Bertz CT molecular complexity index is 648. The van der Waals surface area contributed by atoms with E-state index in [1.54, 1.807) is 18.4 Å². The second kappa shape index (κ2) is 7.73. The molecular formula is C17H22ClN3OS. The summed E-state index contributed by atoms with van der Waals surface area (Å²) in [5.41, 5.74) is 2.37. The van der Waals surface area contributed by atoms with Crippen molar-refractivity contribution in [1.82, 2.24) is 15.2 Å². The van der Waals surface area contributed by atoms with Crippen LogP contribution in [-0.2, 0) is 11.3 Å². The fraction of sp³-hybridized carbons (Fsp3) is 0.471. The van der Waals surface area contributed by atoms with Gasteiger partial charge < -0.3 is 10.1 Å². The van der Waals surface area contributed by atoms with Gasteiger partial charge >= 0.3 is 0 Å². The summed E-state index contributed by atoms with van der Waals surface area (Å²) in [7, 11) is 1.72. The van der Waals surface area contributed by atoms with Crippen LogP contribution in [0.1, 0.15) is 35.3 Å². The summed E-state index contributed by atoms with van der Waals surface area (Å²) in [5, 5.41) is 7.45. The third-order valence-corrected chi connectivity index (χ3v) is 5.51. The third kappa shape index (κ3) is 4.11. The molecule has 23 heavy (non-hydrogen) atoms. The van der Waals surface area contributed by atoms with E-state index in [1.807, 2.05) is 19.1 Å². The lowest BCUT2D eigenvalue weighted by molar-refractivity contribution is 0.118. The Kier molecular flexibility index (Phi) is 5.67. The quantitative estimate of drug-likeness (QED) is 0.892. The number of hydrogen-bond donors (Lipinski definition) is 1. The fourth-order valence-electron chi connectivity index (χ4n) is 2.87. The smallest absolute Gasteiger partial charge is 0.122 e. The van der Waals surface area contributed by atoms with Crippen molar-refractivity contribution in [3.63, 3.8) is 0 Å². The molecule has 6 heteroatoms. The zero-order valence-corrected chi connectivity index (χ0v) is 15.0. The van der Waals surface area contributed by atoms with Crippen LogP contribution in [0.25, 0.3) is 0 Å². The summed E-state index contributed by atoms with van der Waals surface area (Å²) in [6, 6.07) is 8.48. The van der Waals surface area contributed by atoms with Gasteiger partial charge in [-0.05, 0) is 24.6 Å². The molecule has 4 nitrogen and oxygen atoms in total. The van der Waals surface area contributed by atoms with Gasteiger partial charge in [0, 0.05) is 49.7 Å². The summed E-state index contributed by atoms with van der Waals surface area (Å²) >= 11 is 7.83. The molecule has 2 unspecified atom stereocenters. The molecule has 3 rings (SSSR count).